The monoisotopic (exact) mass is 385 g/mol. The lowest BCUT2D eigenvalue weighted by atomic mass is 10.2. The summed E-state index contributed by atoms with van der Waals surface area (Å²) in [5.41, 5.74) is 1.19. The molecule has 1 saturated carbocycles. The summed E-state index contributed by atoms with van der Waals surface area (Å²) in [5.74, 6) is 0.191. The molecule has 2 fully saturated rings. The predicted molar refractivity (Wildman–Crippen MR) is 105 cm³/mol. The maximum Gasteiger partial charge on any atom is 0.225 e. The lowest BCUT2D eigenvalue weighted by Crippen LogP contribution is -2.48. The summed E-state index contributed by atoms with van der Waals surface area (Å²) in [4.78, 5) is 20.7. The molecule has 0 N–H and O–H groups in total. The molecular formula is C18H25ClFN3OS. The largest absolute Gasteiger partial charge is 0.333 e. The van der Waals surface area contributed by atoms with Gasteiger partial charge in [0.2, 0.25) is 5.91 Å². The Morgan fingerprint density at radius 1 is 1.36 bits per heavy atom. The van der Waals surface area contributed by atoms with Crippen molar-refractivity contribution in [2.24, 2.45) is 4.99 Å². The summed E-state index contributed by atoms with van der Waals surface area (Å²) in [6, 6.07) is 5.40. The number of halogens is 2. The second kappa shape index (κ2) is 8.41. The minimum absolute atomic E-state index is 0. The molecule has 3 rings (SSSR count). The van der Waals surface area contributed by atoms with E-state index in [1.165, 1.54) is 25.8 Å². The molecule has 1 aliphatic carbocycles. The maximum atomic E-state index is 14.4. The molecule has 1 saturated heterocycles. The van der Waals surface area contributed by atoms with E-state index in [0.29, 0.717) is 17.5 Å². The maximum absolute atomic E-state index is 14.4. The summed E-state index contributed by atoms with van der Waals surface area (Å²) in [6.07, 6.45) is 4.57. The molecule has 0 aromatic heterocycles. The molecule has 2 aliphatic rings. The van der Waals surface area contributed by atoms with Crippen LogP contribution in [-0.2, 0) is 4.79 Å². The first kappa shape index (κ1) is 20.0. The van der Waals surface area contributed by atoms with Crippen LogP contribution in [0.3, 0.4) is 0 Å². The first-order valence-electron chi connectivity index (χ1n) is 8.46. The van der Waals surface area contributed by atoms with Crippen molar-refractivity contribution in [2.75, 3.05) is 17.7 Å². The summed E-state index contributed by atoms with van der Waals surface area (Å²) in [6.45, 7) is 3.33. The molecule has 0 spiro atoms. The van der Waals surface area contributed by atoms with E-state index >= 15 is 0 Å². The van der Waals surface area contributed by atoms with Crippen LogP contribution in [0.1, 0.15) is 38.2 Å². The van der Waals surface area contributed by atoms with Gasteiger partial charge >= 0.3 is 0 Å². The minimum Gasteiger partial charge on any atom is -0.333 e. The Labute approximate surface area is 159 Å². The highest BCUT2D eigenvalue weighted by Gasteiger charge is 2.36. The Hall–Kier alpha value is -1.27. The topological polar surface area (TPSA) is 35.9 Å². The van der Waals surface area contributed by atoms with Crippen LogP contribution in [0.2, 0.25) is 0 Å². The number of hydrogen-bond donors (Lipinski definition) is 0. The average Bonchev–Trinajstić information content (AvgIpc) is 3.14. The second-order valence-electron chi connectivity index (χ2n) is 6.60. The number of nitrogens with zero attached hydrogens (tertiary/aromatic N) is 3. The van der Waals surface area contributed by atoms with Crippen LogP contribution in [0.25, 0.3) is 0 Å². The van der Waals surface area contributed by atoms with Gasteiger partial charge in [-0.3, -0.25) is 14.7 Å². The summed E-state index contributed by atoms with van der Waals surface area (Å²) in [7, 11) is 1.94. The predicted octanol–water partition coefficient (Wildman–Crippen LogP) is 4.21. The van der Waals surface area contributed by atoms with Crippen LogP contribution < -0.4 is 4.90 Å². The number of aryl methyl sites for hydroxylation is 1. The second-order valence-corrected chi connectivity index (χ2v) is 7.58. The van der Waals surface area contributed by atoms with Gasteiger partial charge in [0, 0.05) is 19.7 Å². The van der Waals surface area contributed by atoms with E-state index in [4.69, 9.17) is 4.99 Å². The Balaban J connectivity index is 0.00000225. The van der Waals surface area contributed by atoms with E-state index in [0.717, 1.165) is 23.6 Å². The molecule has 1 amide bonds. The third kappa shape index (κ3) is 4.29. The van der Waals surface area contributed by atoms with Crippen LogP contribution in [0.15, 0.2) is 23.2 Å². The van der Waals surface area contributed by atoms with Gasteiger partial charge in [-0.05, 0) is 37.5 Å². The Morgan fingerprint density at radius 3 is 2.64 bits per heavy atom. The van der Waals surface area contributed by atoms with Gasteiger partial charge in [0.25, 0.3) is 0 Å². The van der Waals surface area contributed by atoms with Gasteiger partial charge in [0.15, 0.2) is 5.17 Å². The van der Waals surface area contributed by atoms with Crippen LogP contribution in [0.5, 0.6) is 0 Å². The molecule has 4 nitrogen and oxygen atoms in total. The van der Waals surface area contributed by atoms with Crippen molar-refractivity contribution in [1.29, 1.82) is 0 Å². The number of hydrogen-bond acceptors (Lipinski definition) is 3. The molecule has 138 valence electrons. The highest BCUT2D eigenvalue weighted by Crippen LogP contribution is 2.32. The average molecular weight is 386 g/mol. The SMILES string of the molecule is CC(=O)N(c1ccc(C)cc1F)C1CSC(=NC2CCCC2)N1C.Cl. The number of anilines is 1. The number of carbonyl (C=O) groups excluding carboxylic acids is 1. The first-order valence-corrected chi connectivity index (χ1v) is 9.45. The standard InChI is InChI=1S/C18H24FN3OS.ClH/c1-12-8-9-16(15(19)10-12)22(13(2)23)17-11-24-18(21(17)3)20-14-6-4-5-7-14;/h8-10,14,17H,4-7,11H2,1-3H3;1H. The zero-order chi connectivity index (χ0) is 17.3. The van der Waals surface area contributed by atoms with Crippen molar-refractivity contribution in [3.05, 3.63) is 29.6 Å². The molecule has 1 heterocycles. The quantitative estimate of drug-likeness (QED) is 0.781. The van der Waals surface area contributed by atoms with E-state index in [1.807, 2.05) is 24.9 Å². The Bertz CT molecular complexity index is 664. The fourth-order valence-electron chi connectivity index (χ4n) is 3.40. The Morgan fingerprint density at radius 2 is 2.04 bits per heavy atom. The van der Waals surface area contributed by atoms with Crippen molar-refractivity contribution in [1.82, 2.24) is 4.90 Å². The molecule has 1 atom stereocenters. The van der Waals surface area contributed by atoms with Crippen molar-refractivity contribution < 1.29 is 9.18 Å². The summed E-state index contributed by atoms with van der Waals surface area (Å²) >= 11 is 1.65. The normalized spacial score (nSPS) is 22.3. The highest BCUT2D eigenvalue weighted by molar-refractivity contribution is 8.14. The summed E-state index contributed by atoms with van der Waals surface area (Å²) in [5, 5.41) is 0.964. The van der Waals surface area contributed by atoms with Gasteiger partial charge in [-0.15, -0.1) is 12.4 Å². The number of amides is 1. The van der Waals surface area contributed by atoms with Gasteiger partial charge in [-0.1, -0.05) is 30.7 Å². The highest BCUT2D eigenvalue weighted by atomic mass is 35.5. The number of aliphatic imine (C=N–C) groups is 1. The van der Waals surface area contributed by atoms with E-state index < -0.39 is 0 Å². The fourth-order valence-corrected chi connectivity index (χ4v) is 4.62. The lowest BCUT2D eigenvalue weighted by molar-refractivity contribution is -0.117. The Kier molecular flexibility index (Phi) is 6.74. The molecule has 1 aliphatic heterocycles. The van der Waals surface area contributed by atoms with Gasteiger partial charge in [0.1, 0.15) is 12.0 Å². The summed E-state index contributed by atoms with van der Waals surface area (Å²) < 4.78 is 14.4. The van der Waals surface area contributed by atoms with Crippen molar-refractivity contribution in [2.45, 2.75) is 51.7 Å². The molecule has 25 heavy (non-hydrogen) atoms. The zero-order valence-corrected chi connectivity index (χ0v) is 16.5. The van der Waals surface area contributed by atoms with Crippen molar-refractivity contribution in [3.63, 3.8) is 0 Å². The van der Waals surface area contributed by atoms with Gasteiger partial charge in [-0.25, -0.2) is 4.39 Å². The van der Waals surface area contributed by atoms with Crippen LogP contribution >= 0.6 is 24.2 Å². The molecule has 0 radical (unpaired) electrons. The van der Waals surface area contributed by atoms with Crippen LogP contribution in [-0.4, -0.2) is 41.0 Å². The smallest absolute Gasteiger partial charge is 0.225 e. The molecule has 7 heteroatoms. The van der Waals surface area contributed by atoms with Crippen LogP contribution in [0.4, 0.5) is 10.1 Å². The number of benzene rings is 1. The molecule has 1 aromatic carbocycles. The number of rotatable bonds is 3. The zero-order valence-electron chi connectivity index (χ0n) is 14.9. The number of thioether (sulfide) groups is 1. The van der Waals surface area contributed by atoms with Gasteiger partial charge in [-0.2, -0.15) is 0 Å². The first-order chi connectivity index (χ1) is 11.5. The van der Waals surface area contributed by atoms with E-state index in [2.05, 4.69) is 0 Å². The van der Waals surface area contributed by atoms with Crippen molar-refractivity contribution in [3.8, 4) is 0 Å². The van der Waals surface area contributed by atoms with Gasteiger partial charge in [0.05, 0.1) is 11.7 Å². The molecule has 1 unspecified atom stereocenters. The number of amidine groups is 1. The third-order valence-electron chi connectivity index (χ3n) is 4.73. The third-order valence-corrected chi connectivity index (χ3v) is 5.84. The molecule has 1 aromatic rings. The van der Waals surface area contributed by atoms with E-state index in [1.54, 1.807) is 22.7 Å². The minimum atomic E-state index is -0.357. The van der Waals surface area contributed by atoms with E-state index in [9.17, 15) is 9.18 Å². The van der Waals surface area contributed by atoms with E-state index in [-0.39, 0.29) is 30.3 Å². The molecule has 0 bridgehead atoms. The number of carbonyl (C=O) groups is 1. The van der Waals surface area contributed by atoms with Crippen molar-refractivity contribution >= 4 is 40.9 Å². The van der Waals surface area contributed by atoms with Crippen LogP contribution in [0, 0.1) is 12.7 Å². The lowest BCUT2D eigenvalue weighted by Gasteiger charge is -2.33. The van der Waals surface area contributed by atoms with Gasteiger partial charge < -0.3 is 4.90 Å². The fraction of sp³-hybridized carbons (Fsp3) is 0.556. The molecular weight excluding hydrogens is 361 g/mol.